The lowest BCUT2D eigenvalue weighted by molar-refractivity contribution is -0.113. The highest BCUT2D eigenvalue weighted by molar-refractivity contribution is 7.13. The molecule has 0 bridgehead atoms. The second kappa shape index (κ2) is 8.81. The molecule has 1 unspecified atom stereocenters. The number of aromatic nitrogens is 3. The van der Waals surface area contributed by atoms with E-state index >= 15 is 0 Å². The number of hydrogen-bond donors (Lipinski definition) is 3. The van der Waals surface area contributed by atoms with Crippen molar-refractivity contribution in [2.75, 3.05) is 10.6 Å². The van der Waals surface area contributed by atoms with E-state index in [4.69, 9.17) is 32.6 Å². The number of nitrogens with zero attached hydrogens (tertiary/aromatic N) is 4. The number of benzene rings is 2. The summed E-state index contributed by atoms with van der Waals surface area (Å²) in [6, 6.07) is 11.9. The number of fused-ring (bicyclic) bond motifs is 1. The van der Waals surface area contributed by atoms with Crippen LogP contribution in [0, 0.1) is 0 Å². The maximum Gasteiger partial charge on any atom is 0.302 e. The molecule has 166 valence electrons. The number of hydrogen-bond acceptors (Lipinski definition) is 9. The van der Waals surface area contributed by atoms with E-state index in [1.807, 2.05) is 24.3 Å². The summed E-state index contributed by atoms with van der Waals surface area (Å²) >= 11 is 13.9. The number of rotatable bonds is 4. The lowest BCUT2D eigenvalue weighted by Crippen LogP contribution is -2.37. The minimum atomic E-state index is -0.753. The number of oxazole rings is 1. The molecule has 1 aliphatic rings. The van der Waals surface area contributed by atoms with Crippen molar-refractivity contribution in [3.8, 4) is 0 Å². The van der Waals surface area contributed by atoms with Crippen LogP contribution in [0.5, 0.6) is 0 Å². The van der Waals surface area contributed by atoms with Crippen LogP contribution in [-0.4, -0.2) is 27.0 Å². The summed E-state index contributed by atoms with van der Waals surface area (Å²) < 4.78 is 5.73. The average molecular weight is 500 g/mol. The molecule has 3 N–H and O–H groups in total. The van der Waals surface area contributed by atoms with Crippen LogP contribution < -0.4 is 16.0 Å². The Morgan fingerprint density at radius 1 is 1.21 bits per heavy atom. The van der Waals surface area contributed by atoms with Gasteiger partial charge in [0, 0.05) is 21.3 Å². The fourth-order valence-corrected chi connectivity index (χ4v) is 4.24. The highest BCUT2D eigenvalue weighted by atomic mass is 35.5. The summed E-state index contributed by atoms with van der Waals surface area (Å²) in [6.07, 6.45) is 0. The number of carbonyl (C=O) groups is 1. The minimum Gasteiger partial charge on any atom is -0.423 e. The van der Waals surface area contributed by atoms with E-state index in [0.29, 0.717) is 49.1 Å². The fourth-order valence-electron chi connectivity index (χ4n) is 3.40. The molecule has 1 aliphatic heterocycles. The zero-order valence-corrected chi connectivity index (χ0v) is 19.3. The van der Waals surface area contributed by atoms with Gasteiger partial charge in [0.15, 0.2) is 5.58 Å². The molecule has 1 amide bonds. The summed E-state index contributed by atoms with van der Waals surface area (Å²) in [5, 5.41) is 17.8. The van der Waals surface area contributed by atoms with Gasteiger partial charge in [-0.25, -0.2) is 4.99 Å². The van der Waals surface area contributed by atoms with Crippen LogP contribution in [0.15, 0.2) is 68.7 Å². The van der Waals surface area contributed by atoms with Gasteiger partial charge in [-0.05, 0) is 37.3 Å². The Labute approximate surface area is 201 Å². The molecule has 5 rings (SSSR count). The molecular weight excluding hydrogens is 485 g/mol. The highest BCUT2D eigenvalue weighted by Gasteiger charge is 2.31. The number of allylic oxidation sites excluding steroid dienone is 1. The molecule has 9 nitrogen and oxygen atoms in total. The van der Waals surface area contributed by atoms with Crippen molar-refractivity contribution in [3.05, 3.63) is 74.9 Å². The molecule has 2 aromatic heterocycles. The van der Waals surface area contributed by atoms with Crippen LogP contribution in [0.4, 0.5) is 11.1 Å². The van der Waals surface area contributed by atoms with E-state index in [1.54, 1.807) is 25.1 Å². The van der Waals surface area contributed by atoms with Gasteiger partial charge in [-0.15, -0.1) is 10.2 Å². The monoisotopic (exact) mass is 499 g/mol. The highest BCUT2D eigenvalue weighted by Crippen LogP contribution is 2.37. The molecule has 0 spiro atoms. The number of para-hydroxylation sites is 2. The third-order valence-corrected chi connectivity index (χ3v) is 6.02. The molecular formula is C21H15Cl2N7O2S. The Balaban J connectivity index is 1.52. The number of nitrogens with one attached hydrogen (secondary N) is 3. The van der Waals surface area contributed by atoms with E-state index in [9.17, 15) is 4.79 Å². The Hall–Kier alpha value is -3.47. The Bertz CT molecular complexity index is 1380. The number of halogens is 2. The van der Waals surface area contributed by atoms with Gasteiger partial charge in [0.2, 0.25) is 11.1 Å². The largest absolute Gasteiger partial charge is 0.423 e. The van der Waals surface area contributed by atoms with Crippen LogP contribution in [-0.2, 0) is 4.79 Å². The van der Waals surface area contributed by atoms with E-state index in [-0.39, 0.29) is 11.9 Å². The molecule has 2 aromatic carbocycles. The number of aliphatic imine (C=N–C) groups is 1. The molecule has 12 heteroatoms. The van der Waals surface area contributed by atoms with Crippen molar-refractivity contribution in [1.82, 2.24) is 20.5 Å². The molecule has 3 heterocycles. The maximum absolute atomic E-state index is 13.2. The van der Waals surface area contributed by atoms with Gasteiger partial charge >= 0.3 is 6.01 Å². The molecule has 0 radical (unpaired) electrons. The first kappa shape index (κ1) is 21.4. The van der Waals surface area contributed by atoms with Crippen molar-refractivity contribution in [3.63, 3.8) is 0 Å². The fraction of sp³-hybridized carbons (Fsp3) is 0.0952. The van der Waals surface area contributed by atoms with Gasteiger partial charge in [-0.1, -0.05) is 46.7 Å². The Morgan fingerprint density at radius 2 is 2.06 bits per heavy atom. The van der Waals surface area contributed by atoms with Crippen LogP contribution in [0.3, 0.4) is 0 Å². The van der Waals surface area contributed by atoms with Crippen molar-refractivity contribution in [1.29, 1.82) is 0 Å². The lowest BCUT2D eigenvalue weighted by atomic mass is 9.95. The van der Waals surface area contributed by atoms with E-state index in [2.05, 4.69) is 31.1 Å². The van der Waals surface area contributed by atoms with Gasteiger partial charge in [0.05, 0.1) is 5.57 Å². The van der Waals surface area contributed by atoms with Crippen molar-refractivity contribution >= 4 is 68.7 Å². The van der Waals surface area contributed by atoms with Crippen LogP contribution in [0.1, 0.15) is 18.5 Å². The summed E-state index contributed by atoms with van der Waals surface area (Å²) in [5.41, 5.74) is 4.36. The zero-order chi connectivity index (χ0) is 22.9. The number of guanidine groups is 1. The number of anilines is 2. The van der Waals surface area contributed by atoms with Crippen molar-refractivity contribution < 1.29 is 9.21 Å². The predicted octanol–water partition coefficient (Wildman–Crippen LogP) is 5.01. The molecule has 33 heavy (non-hydrogen) atoms. The minimum absolute atomic E-state index is 0.257. The smallest absolute Gasteiger partial charge is 0.302 e. The summed E-state index contributed by atoms with van der Waals surface area (Å²) in [6.45, 7) is 1.77. The Morgan fingerprint density at radius 3 is 2.85 bits per heavy atom. The molecule has 4 aromatic rings. The van der Waals surface area contributed by atoms with Gasteiger partial charge < -0.3 is 9.73 Å². The van der Waals surface area contributed by atoms with Gasteiger partial charge in [0.1, 0.15) is 17.1 Å². The number of carbonyl (C=O) groups excluding carboxylic acids is 1. The first-order chi connectivity index (χ1) is 16.0. The topological polar surface area (TPSA) is 117 Å². The average Bonchev–Trinajstić information content (AvgIpc) is 3.44. The van der Waals surface area contributed by atoms with E-state index in [1.165, 1.54) is 16.8 Å². The molecule has 0 fully saturated rings. The van der Waals surface area contributed by atoms with Gasteiger partial charge in [-0.3, -0.25) is 15.4 Å². The van der Waals surface area contributed by atoms with Gasteiger partial charge in [-0.2, -0.15) is 4.98 Å². The molecule has 0 saturated heterocycles. The maximum atomic E-state index is 13.2. The molecule has 0 saturated carbocycles. The van der Waals surface area contributed by atoms with Crippen molar-refractivity contribution in [2.45, 2.75) is 13.0 Å². The quantitative estimate of drug-likeness (QED) is 0.361. The second-order valence-corrected chi connectivity index (χ2v) is 8.70. The lowest BCUT2D eigenvalue weighted by Gasteiger charge is -2.26. The SMILES string of the molecule is CC1=C(C(=O)Nc2nncs2)C(c2cc(Cl)ccc2Cl)N=C(Nc2nc3ccccc3o2)N1. The Kier molecular flexibility index (Phi) is 5.71. The first-order valence-corrected chi connectivity index (χ1v) is 11.3. The molecule has 1 atom stereocenters. The summed E-state index contributed by atoms with van der Waals surface area (Å²) in [4.78, 5) is 22.3. The second-order valence-electron chi connectivity index (χ2n) is 7.02. The predicted molar refractivity (Wildman–Crippen MR) is 129 cm³/mol. The standard InChI is InChI=1S/C21H15Cl2N7O2S/c1-10-16(18(31)28-21-30-24-9-33-21)17(12-8-11(22)6-7-13(12)23)27-19(25-10)29-20-26-14-4-2-3-5-15(14)32-20/h2-9,17H,1H3,(H,28,30,31)(H2,25,26,27,29). The summed E-state index contributed by atoms with van der Waals surface area (Å²) in [7, 11) is 0. The van der Waals surface area contributed by atoms with Crippen LogP contribution >= 0.6 is 34.5 Å². The van der Waals surface area contributed by atoms with Crippen molar-refractivity contribution in [2.24, 2.45) is 4.99 Å². The summed E-state index contributed by atoms with van der Waals surface area (Å²) in [5.74, 6) is -0.0463. The third-order valence-electron chi connectivity index (χ3n) is 4.84. The van der Waals surface area contributed by atoms with Gasteiger partial charge in [0.25, 0.3) is 5.91 Å². The zero-order valence-electron chi connectivity index (χ0n) is 17.0. The third kappa shape index (κ3) is 4.40. The van der Waals surface area contributed by atoms with E-state index < -0.39 is 6.04 Å². The number of amides is 1. The normalized spacial score (nSPS) is 15.8. The van der Waals surface area contributed by atoms with Crippen LogP contribution in [0.25, 0.3) is 11.1 Å². The first-order valence-electron chi connectivity index (χ1n) is 9.68. The molecule has 0 aliphatic carbocycles. The van der Waals surface area contributed by atoms with Crippen LogP contribution in [0.2, 0.25) is 10.0 Å². The van der Waals surface area contributed by atoms with E-state index in [0.717, 1.165) is 0 Å².